The summed E-state index contributed by atoms with van der Waals surface area (Å²) in [6.45, 7) is 1.46. The second-order valence-corrected chi connectivity index (χ2v) is 4.39. The van der Waals surface area contributed by atoms with E-state index in [0.29, 0.717) is 11.1 Å². The molecule has 66 valence electrons. The van der Waals surface area contributed by atoms with Crippen LogP contribution in [-0.4, -0.2) is 5.78 Å². The number of nitrogens with zero attached hydrogens (tertiary/aromatic N) is 1. The zero-order valence-electron chi connectivity index (χ0n) is 6.77. The van der Waals surface area contributed by atoms with Crippen LogP contribution in [0.4, 0.5) is 0 Å². The van der Waals surface area contributed by atoms with Gasteiger partial charge >= 0.3 is 0 Å². The normalized spacial score (nSPS) is 9.38. The van der Waals surface area contributed by atoms with E-state index in [2.05, 4.69) is 38.5 Å². The first-order valence-electron chi connectivity index (χ1n) is 3.47. The van der Waals surface area contributed by atoms with Crippen LogP contribution >= 0.6 is 38.5 Å². The molecule has 0 N–H and O–H groups in total. The summed E-state index contributed by atoms with van der Waals surface area (Å²) >= 11 is 5.36. The van der Waals surface area contributed by atoms with E-state index >= 15 is 0 Å². The third-order valence-electron chi connectivity index (χ3n) is 1.57. The Bertz CT molecular complexity index is 409. The molecule has 0 aliphatic heterocycles. The molecule has 0 aromatic heterocycles. The van der Waals surface area contributed by atoms with Gasteiger partial charge in [-0.05, 0) is 57.6 Å². The molecule has 4 heteroatoms. The average molecular weight is 350 g/mol. The molecule has 0 aliphatic rings. The fraction of sp³-hybridized carbons (Fsp3) is 0.111. The molecule has 0 saturated heterocycles. The highest BCUT2D eigenvalue weighted by Crippen LogP contribution is 2.25. The predicted molar refractivity (Wildman–Crippen MR) is 61.6 cm³/mol. The number of carbonyl (C=O) groups excluding carboxylic acids is 1. The van der Waals surface area contributed by atoms with Crippen molar-refractivity contribution in [3.63, 3.8) is 0 Å². The molecule has 0 bridgehead atoms. The molecule has 1 aromatic carbocycles. The van der Waals surface area contributed by atoms with E-state index in [-0.39, 0.29) is 5.78 Å². The number of nitriles is 1. The average Bonchev–Trinajstić information content (AvgIpc) is 2.08. The fourth-order valence-corrected chi connectivity index (χ4v) is 2.17. The van der Waals surface area contributed by atoms with Crippen LogP contribution in [0.25, 0.3) is 0 Å². The topological polar surface area (TPSA) is 40.9 Å². The molecular weight excluding hydrogens is 345 g/mol. The van der Waals surface area contributed by atoms with Crippen molar-refractivity contribution in [1.29, 1.82) is 5.26 Å². The molecule has 0 saturated carbocycles. The Hall–Kier alpha value is -0.410. The van der Waals surface area contributed by atoms with Gasteiger partial charge in [-0.25, -0.2) is 0 Å². The molecule has 1 rings (SSSR count). The summed E-state index contributed by atoms with van der Waals surface area (Å²) in [5.74, 6) is -0.0812. The van der Waals surface area contributed by atoms with Crippen LogP contribution in [0.3, 0.4) is 0 Å². The van der Waals surface area contributed by atoms with Gasteiger partial charge in [0.15, 0.2) is 5.78 Å². The second-order valence-electron chi connectivity index (χ2n) is 2.45. The Labute approximate surface area is 98.2 Å². The molecule has 0 spiro atoms. The molecule has 1 aromatic rings. The summed E-state index contributed by atoms with van der Waals surface area (Å²) in [6.07, 6.45) is 0. The van der Waals surface area contributed by atoms with Crippen molar-refractivity contribution in [2.75, 3.05) is 0 Å². The molecule has 0 heterocycles. The highest BCUT2D eigenvalue weighted by Gasteiger charge is 2.13. The quantitative estimate of drug-likeness (QED) is 0.577. The lowest BCUT2D eigenvalue weighted by Gasteiger charge is -2.04. The molecule has 0 radical (unpaired) electrons. The fourth-order valence-electron chi connectivity index (χ4n) is 0.988. The van der Waals surface area contributed by atoms with Gasteiger partial charge in [0.25, 0.3) is 0 Å². The van der Waals surface area contributed by atoms with Crippen molar-refractivity contribution in [2.45, 2.75) is 6.92 Å². The van der Waals surface area contributed by atoms with Crippen molar-refractivity contribution >= 4 is 44.3 Å². The molecular formula is C9H5BrINO. The smallest absolute Gasteiger partial charge is 0.162 e. The Morgan fingerprint density at radius 2 is 2.23 bits per heavy atom. The van der Waals surface area contributed by atoms with Crippen LogP contribution in [0.5, 0.6) is 0 Å². The Morgan fingerprint density at radius 3 is 2.69 bits per heavy atom. The third-order valence-corrected chi connectivity index (χ3v) is 4.09. The molecule has 0 unspecified atom stereocenters. The van der Waals surface area contributed by atoms with E-state index in [0.717, 1.165) is 8.04 Å². The molecule has 13 heavy (non-hydrogen) atoms. The highest BCUT2D eigenvalue weighted by atomic mass is 127. The largest absolute Gasteiger partial charge is 0.294 e. The van der Waals surface area contributed by atoms with Gasteiger partial charge in [-0.3, -0.25) is 4.79 Å². The van der Waals surface area contributed by atoms with Gasteiger partial charge in [-0.1, -0.05) is 0 Å². The lowest BCUT2D eigenvalue weighted by atomic mass is 10.1. The summed E-state index contributed by atoms with van der Waals surface area (Å²) in [6, 6.07) is 5.41. The lowest BCUT2D eigenvalue weighted by Crippen LogP contribution is -2.00. The van der Waals surface area contributed by atoms with Crippen LogP contribution in [0.2, 0.25) is 0 Å². The molecule has 0 aliphatic carbocycles. The van der Waals surface area contributed by atoms with Crippen LogP contribution in [-0.2, 0) is 0 Å². The van der Waals surface area contributed by atoms with Crippen molar-refractivity contribution in [3.8, 4) is 6.07 Å². The third kappa shape index (κ3) is 2.09. The number of hydrogen-bond acceptors (Lipinski definition) is 2. The van der Waals surface area contributed by atoms with Crippen molar-refractivity contribution in [1.82, 2.24) is 0 Å². The highest BCUT2D eigenvalue weighted by molar-refractivity contribution is 14.1. The summed E-state index contributed by atoms with van der Waals surface area (Å²) in [7, 11) is 0. The van der Waals surface area contributed by atoms with E-state index < -0.39 is 0 Å². The number of Topliss-reactive ketones (excluding diaryl/α,β-unsaturated/α-hetero) is 1. The van der Waals surface area contributed by atoms with Gasteiger partial charge < -0.3 is 0 Å². The number of rotatable bonds is 1. The Balaban J connectivity index is 3.53. The maximum atomic E-state index is 11.2. The minimum atomic E-state index is -0.0812. The van der Waals surface area contributed by atoms with E-state index in [9.17, 15) is 4.79 Å². The van der Waals surface area contributed by atoms with E-state index in [4.69, 9.17) is 5.26 Å². The minimum Gasteiger partial charge on any atom is -0.294 e. The standard InChI is InChI=1S/C9H5BrINO/c1-5(13)8-6(4-12)2-3-7(10)9(8)11/h2-3H,1H3. The van der Waals surface area contributed by atoms with E-state index in [1.54, 1.807) is 12.1 Å². The predicted octanol–water partition coefficient (Wildman–Crippen LogP) is 3.13. The Morgan fingerprint density at radius 1 is 1.62 bits per heavy atom. The van der Waals surface area contributed by atoms with Crippen LogP contribution in [0, 0.1) is 14.9 Å². The first-order chi connectivity index (χ1) is 6.07. The zero-order valence-corrected chi connectivity index (χ0v) is 10.5. The van der Waals surface area contributed by atoms with Gasteiger partial charge in [0.05, 0.1) is 11.6 Å². The Kier molecular flexibility index (Phi) is 3.45. The minimum absolute atomic E-state index is 0.0812. The summed E-state index contributed by atoms with van der Waals surface area (Å²) in [5.41, 5.74) is 0.928. The lowest BCUT2D eigenvalue weighted by molar-refractivity contribution is 0.101. The number of ketones is 1. The zero-order chi connectivity index (χ0) is 10.0. The van der Waals surface area contributed by atoms with Gasteiger partial charge in [0.2, 0.25) is 0 Å². The van der Waals surface area contributed by atoms with Crippen LogP contribution in [0.15, 0.2) is 16.6 Å². The van der Waals surface area contributed by atoms with Gasteiger partial charge in [0, 0.05) is 13.6 Å². The SMILES string of the molecule is CC(=O)c1c(C#N)ccc(Br)c1I. The second kappa shape index (κ2) is 4.20. The summed E-state index contributed by atoms with van der Waals surface area (Å²) in [4.78, 5) is 11.2. The van der Waals surface area contributed by atoms with Crippen molar-refractivity contribution < 1.29 is 4.79 Å². The molecule has 0 fully saturated rings. The number of carbonyl (C=O) groups is 1. The number of benzene rings is 1. The molecule has 0 amide bonds. The summed E-state index contributed by atoms with van der Waals surface area (Å²) in [5, 5.41) is 8.76. The molecule has 0 atom stereocenters. The van der Waals surface area contributed by atoms with Gasteiger partial charge in [-0.15, -0.1) is 0 Å². The molecule has 2 nitrogen and oxygen atoms in total. The first-order valence-corrected chi connectivity index (χ1v) is 5.34. The monoisotopic (exact) mass is 349 g/mol. The van der Waals surface area contributed by atoms with E-state index in [1.807, 2.05) is 6.07 Å². The van der Waals surface area contributed by atoms with Crippen molar-refractivity contribution in [2.24, 2.45) is 0 Å². The maximum Gasteiger partial charge on any atom is 0.162 e. The number of halogens is 2. The van der Waals surface area contributed by atoms with Crippen LogP contribution < -0.4 is 0 Å². The van der Waals surface area contributed by atoms with Crippen molar-refractivity contribution in [3.05, 3.63) is 31.3 Å². The van der Waals surface area contributed by atoms with Crippen LogP contribution in [0.1, 0.15) is 22.8 Å². The van der Waals surface area contributed by atoms with Gasteiger partial charge in [-0.2, -0.15) is 5.26 Å². The van der Waals surface area contributed by atoms with E-state index in [1.165, 1.54) is 6.92 Å². The van der Waals surface area contributed by atoms with Gasteiger partial charge in [0.1, 0.15) is 0 Å². The maximum absolute atomic E-state index is 11.2. The number of hydrogen-bond donors (Lipinski definition) is 0. The summed E-state index contributed by atoms with van der Waals surface area (Å²) < 4.78 is 1.64. The first kappa shape index (κ1) is 10.7.